The van der Waals surface area contributed by atoms with Crippen molar-refractivity contribution in [2.75, 3.05) is 6.54 Å². The molecular formula is C16H23F2NO. The Morgan fingerprint density at radius 1 is 1.30 bits per heavy atom. The third-order valence-electron chi connectivity index (χ3n) is 4.50. The van der Waals surface area contributed by atoms with Crippen molar-refractivity contribution in [1.29, 1.82) is 0 Å². The normalized spacial score (nSPS) is 22.4. The van der Waals surface area contributed by atoms with E-state index in [1.165, 1.54) is 0 Å². The summed E-state index contributed by atoms with van der Waals surface area (Å²) in [6, 6.07) is 7.82. The van der Waals surface area contributed by atoms with Crippen LogP contribution in [-0.2, 0) is 0 Å². The zero-order valence-electron chi connectivity index (χ0n) is 11.9. The molecule has 2 nitrogen and oxygen atoms in total. The van der Waals surface area contributed by atoms with Gasteiger partial charge in [-0.3, -0.25) is 0 Å². The molecule has 112 valence electrons. The van der Waals surface area contributed by atoms with E-state index in [0.717, 1.165) is 11.1 Å². The van der Waals surface area contributed by atoms with Crippen molar-refractivity contribution in [3.05, 3.63) is 35.4 Å². The van der Waals surface area contributed by atoms with Crippen LogP contribution in [0, 0.1) is 12.8 Å². The predicted octanol–water partition coefficient (Wildman–Crippen LogP) is 3.22. The van der Waals surface area contributed by atoms with Gasteiger partial charge >= 0.3 is 0 Å². The number of aryl methyl sites for hydroxylation is 1. The van der Waals surface area contributed by atoms with Crippen LogP contribution in [0.15, 0.2) is 24.3 Å². The van der Waals surface area contributed by atoms with Crippen molar-refractivity contribution in [3.8, 4) is 0 Å². The van der Waals surface area contributed by atoms with Crippen LogP contribution in [0.4, 0.5) is 8.78 Å². The number of rotatable bonds is 4. The van der Waals surface area contributed by atoms with Crippen LogP contribution >= 0.6 is 0 Å². The number of alkyl halides is 2. The summed E-state index contributed by atoms with van der Waals surface area (Å²) in [5, 5.41) is 10.6. The molecule has 0 heterocycles. The highest BCUT2D eigenvalue weighted by molar-refractivity contribution is 5.30. The zero-order chi connectivity index (χ0) is 14.8. The standard InChI is InChI=1S/C16H23F2NO/c1-11-4-2-3-5-13(11)14(10-19)15(20)12-6-8-16(17,18)9-7-12/h2-5,12,14-15,20H,6-10,19H2,1H3. The first-order chi connectivity index (χ1) is 9.44. The van der Waals surface area contributed by atoms with Crippen LogP contribution < -0.4 is 5.73 Å². The van der Waals surface area contributed by atoms with Gasteiger partial charge in [-0.1, -0.05) is 24.3 Å². The maximum atomic E-state index is 13.2. The largest absolute Gasteiger partial charge is 0.392 e. The molecule has 20 heavy (non-hydrogen) atoms. The lowest BCUT2D eigenvalue weighted by Crippen LogP contribution is -2.37. The molecule has 2 atom stereocenters. The van der Waals surface area contributed by atoms with Crippen LogP contribution in [0.1, 0.15) is 42.7 Å². The minimum absolute atomic E-state index is 0.0808. The van der Waals surface area contributed by atoms with Gasteiger partial charge in [0.05, 0.1) is 6.10 Å². The molecule has 0 amide bonds. The maximum absolute atomic E-state index is 13.2. The quantitative estimate of drug-likeness (QED) is 0.891. The lowest BCUT2D eigenvalue weighted by Gasteiger charge is -2.35. The molecule has 3 N–H and O–H groups in total. The minimum atomic E-state index is -2.56. The molecule has 0 radical (unpaired) electrons. The zero-order valence-corrected chi connectivity index (χ0v) is 11.9. The van der Waals surface area contributed by atoms with Crippen LogP contribution in [0.25, 0.3) is 0 Å². The average molecular weight is 283 g/mol. The number of hydrogen-bond donors (Lipinski definition) is 2. The van der Waals surface area contributed by atoms with E-state index in [-0.39, 0.29) is 24.7 Å². The molecule has 1 fully saturated rings. The molecule has 0 aliphatic heterocycles. The third-order valence-corrected chi connectivity index (χ3v) is 4.50. The number of aliphatic hydroxyl groups excluding tert-OH is 1. The van der Waals surface area contributed by atoms with E-state index in [4.69, 9.17) is 5.73 Å². The van der Waals surface area contributed by atoms with E-state index in [9.17, 15) is 13.9 Å². The first-order valence-corrected chi connectivity index (χ1v) is 7.26. The first kappa shape index (κ1) is 15.4. The molecule has 0 aromatic heterocycles. The summed E-state index contributed by atoms with van der Waals surface area (Å²) in [4.78, 5) is 0. The Balaban J connectivity index is 2.10. The van der Waals surface area contributed by atoms with Gasteiger partial charge in [0.2, 0.25) is 5.92 Å². The van der Waals surface area contributed by atoms with E-state index in [1.807, 2.05) is 31.2 Å². The van der Waals surface area contributed by atoms with Crippen molar-refractivity contribution >= 4 is 0 Å². The van der Waals surface area contributed by atoms with Crippen molar-refractivity contribution in [2.24, 2.45) is 11.7 Å². The maximum Gasteiger partial charge on any atom is 0.248 e. The second kappa shape index (κ2) is 6.19. The van der Waals surface area contributed by atoms with Gasteiger partial charge < -0.3 is 10.8 Å². The van der Waals surface area contributed by atoms with Crippen molar-refractivity contribution < 1.29 is 13.9 Å². The van der Waals surface area contributed by atoms with Crippen LogP contribution in [0.2, 0.25) is 0 Å². The molecule has 4 heteroatoms. The van der Waals surface area contributed by atoms with Gasteiger partial charge in [-0.2, -0.15) is 0 Å². The highest BCUT2D eigenvalue weighted by Gasteiger charge is 2.39. The van der Waals surface area contributed by atoms with Gasteiger partial charge in [-0.05, 0) is 36.8 Å². The Morgan fingerprint density at radius 3 is 2.45 bits per heavy atom. The first-order valence-electron chi connectivity index (χ1n) is 7.26. The second-order valence-electron chi connectivity index (χ2n) is 5.88. The van der Waals surface area contributed by atoms with Gasteiger partial charge in [-0.25, -0.2) is 8.78 Å². The monoisotopic (exact) mass is 283 g/mol. The number of aliphatic hydroxyl groups is 1. The fourth-order valence-corrected chi connectivity index (χ4v) is 3.19. The molecule has 1 aromatic rings. The molecular weight excluding hydrogens is 260 g/mol. The van der Waals surface area contributed by atoms with Crippen molar-refractivity contribution in [1.82, 2.24) is 0 Å². The fraction of sp³-hybridized carbons (Fsp3) is 0.625. The number of halogens is 2. The Kier molecular flexibility index (Phi) is 4.76. The Morgan fingerprint density at radius 2 is 1.90 bits per heavy atom. The Hall–Kier alpha value is -1.00. The summed E-state index contributed by atoms with van der Waals surface area (Å²) in [6.45, 7) is 2.32. The van der Waals surface area contributed by atoms with Crippen LogP contribution in [0.5, 0.6) is 0 Å². The molecule has 2 rings (SSSR count). The van der Waals surface area contributed by atoms with E-state index < -0.39 is 12.0 Å². The van der Waals surface area contributed by atoms with E-state index in [0.29, 0.717) is 19.4 Å². The molecule has 1 aliphatic carbocycles. The lowest BCUT2D eigenvalue weighted by molar-refractivity contribution is -0.0651. The topological polar surface area (TPSA) is 46.2 Å². The fourth-order valence-electron chi connectivity index (χ4n) is 3.19. The molecule has 0 saturated heterocycles. The molecule has 0 bridgehead atoms. The molecule has 1 aliphatic rings. The SMILES string of the molecule is Cc1ccccc1C(CN)C(O)C1CCC(F)(F)CC1. The average Bonchev–Trinajstić information content (AvgIpc) is 2.41. The summed E-state index contributed by atoms with van der Waals surface area (Å²) in [5.74, 6) is -2.81. The molecule has 0 spiro atoms. The molecule has 1 aromatic carbocycles. The predicted molar refractivity (Wildman–Crippen MR) is 75.9 cm³/mol. The smallest absolute Gasteiger partial charge is 0.248 e. The van der Waals surface area contributed by atoms with Crippen LogP contribution in [0.3, 0.4) is 0 Å². The third kappa shape index (κ3) is 3.36. The highest BCUT2D eigenvalue weighted by atomic mass is 19.3. The number of hydrogen-bond acceptors (Lipinski definition) is 2. The van der Waals surface area contributed by atoms with Crippen molar-refractivity contribution in [2.45, 2.75) is 50.6 Å². The number of nitrogens with two attached hydrogens (primary N) is 1. The minimum Gasteiger partial charge on any atom is -0.392 e. The highest BCUT2D eigenvalue weighted by Crippen LogP contribution is 2.40. The van der Waals surface area contributed by atoms with E-state index in [1.54, 1.807) is 0 Å². The lowest BCUT2D eigenvalue weighted by atomic mass is 9.76. The molecule has 1 saturated carbocycles. The molecule has 2 unspecified atom stereocenters. The van der Waals surface area contributed by atoms with Gasteiger partial charge in [-0.15, -0.1) is 0 Å². The summed E-state index contributed by atoms with van der Waals surface area (Å²) in [6.07, 6.45) is -0.149. The second-order valence-corrected chi connectivity index (χ2v) is 5.88. The van der Waals surface area contributed by atoms with Gasteiger partial charge in [0.1, 0.15) is 0 Å². The Labute approximate surface area is 119 Å². The summed E-state index contributed by atoms with van der Waals surface area (Å²) in [5.41, 5.74) is 7.94. The summed E-state index contributed by atoms with van der Waals surface area (Å²) >= 11 is 0. The van der Waals surface area contributed by atoms with Gasteiger partial charge in [0, 0.05) is 25.3 Å². The van der Waals surface area contributed by atoms with Gasteiger partial charge in [0.25, 0.3) is 0 Å². The van der Waals surface area contributed by atoms with E-state index >= 15 is 0 Å². The number of benzene rings is 1. The summed E-state index contributed by atoms with van der Waals surface area (Å²) < 4.78 is 26.4. The van der Waals surface area contributed by atoms with Crippen molar-refractivity contribution in [3.63, 3.8) is 0 Å². The van der Waals surface area contributed by atoms with Crippen LogP contribution in [-0.4, -0.2) is 23.7 Å². The van der Waals surface area contributed by atoms with Gasteiger partial charge in [0.15, 0.2) is 0 Å². The Bertz CT molecular complexity index is 440. The summed E-state index contributed by atoms with van der Waals surface area (Å²) in [7, 11) is 0. The van der Waals surface area contributed by atoms with E-state index in [2.05, 4.69) is 0 Å².